The Bertz CT molecular complexity index is 683. The second kappa shape index (κ2) is 8.41. The van der Waals surface area contributed by atoms with E-state index in [1.54, 1.807) is 49.6 Å². The molecular weight excluding hydrogens is 339 g/mol. The van der Waals surface area contributed by atoms with Gasteiger partial charge in [-0.1, -0.05) is 29.3 Å². The Hall–Kier alpha value is -2.24. The molecule has 2 aromatic rings. The van der Waals surface area contributed by atoms with Gasteiger partial charge in [0.1, 0.15) is 11.5 Å². The van der Waals surface area contributed by atoms with Crippen molar-refractivity contribution in [3.05, 3.63) is 58.1 Å². The summed E-state index contributed by atoms with van der Waals surface area (Å²) in [6.07, 6.45) is 1.38. The summed E-state index contributed by atoms with van der Waals surface area (Å²) in [4.78, 5) is 11.7. The third-order valence-electron chi connectivity index (χ3n) is 2.81. The van der Waals surface area contributed by atoms with Gasteiger partial charge in [0.2, 0.25) is 0 Å². The summed E-state index contributed by atoms with van der Waals surface area (Å²) in [5.41, 5.74) is 2.88. The maximum absolute atomic E-state index is 11.7. The van der Waals surface area contributed by atoms with E-state index in [0.29, 0.717) is 27.1 Å². The van der Waals surface area contributed by atoms with Crippen molar-refractivity contribution in [2.75, 3.05) is 13.7 Å². The van der Waals surface area contributed by atoms with Crippen LogP contribution in [0.1, 0.15) is 5.56 Å². The predicted octanol–water partition coefficient (Wildman–Crippen LogP) is 3.53. The fraction of sp³-hybridized carbons (Fsp3) is 0.125. The van der Waals surface area contributed by atoms with E-state index in [9.17, 15) is 4.79 Å². The van der Waals surface area contributed by atoms with E-state index in [1.807, 2.05) is 0 Å². The van der Waals surface area contributed by atoms with Crippen LogP contribution in [0.4, 0.5) is 0 Å². The molecule has 0 unspecified atom stereocenters. The van der Waals surface area contributed by atoms with Gasteiger partial charge in [-0.15, -0.1) is 0 Å². The fourth-order valence-electron chi connectivity index (χ4n) is 1.66. The first-order valence-electron chi connectivity index (χ1n) is 6.63. The highest BCUT2D eigenvalue weighted by Gasteiger charge is 2.04. The van der Waals surface area contributed by atoms with Crippen molar-refractivity contribution in [1.29, 1.82) is 0 Å². The van der Waals surface area contributed by atoms with Gasteiger partial charge in [-0.2, -0.15) is 5.10 Å². The second-order valence-electron chi connectivity index (χ2n) is 4.39. The van der Waals surface area contributed by atoms with Gasteiger partial charge < -0.3 is 9.47 Å². The minimum Gasteiger partial charge on any atom is -0.497 e. The first-order chi connectivity index (χ1) is 11.1. The van der Waals surface area contributed by atoms with E-state index in [2.05, 4.69) is 10.5 Å². The van der Waals surface area contributed by atoms with E-state index in [1.165, 1.54) is 6.21 Å². The summed E-state index contributed by atoms with van der Waals surface area (Å²) in [6.45, 7) is -0.167. The van der Waals surface area contributed by atoms with E-state index < -0.39 is 5.91 Å². The zero-order valence-electron chi connectivity index (χ0n) is 12.3. The number of hydrogen-bond donors (Lipinski definition) is 1. The summed E-state index contributed by atoms with van der Waals surface area (Å²) in [7, 11) is 1.58. The van der Waals surface area contributed by atoms with Crippen LogP contribution in [0.15, 0.2) is 47.6 Å². The number of ether oxygens (including phenoxy) is 2. The van der Waals surface area contributed by atoms with Crippen LogP contribution in [0.5, 0.6) is 11.5 Å². The standard InChI is InChI=1S/C16H14Cl2N2O3/c1-22-11-5-7-12(8-6-11)23-10-16(21)20-19-9-13-14(17)3-2-4-15(13)18/h2-9H,10H2,1H3,(H,20,21)/b19-9-. The van der Waals surface area contributed by atoms with Crippen LogP contribution in [-0.2, 0) is 4.79 Å². The number of amides is 1. The first-order valence-corrected chi connectivity index (χ1v) is 7.38. The fourth-order valence-corrected chi connectivity index (χ4v) is 2.15. The third kappa shape index (κ3) is 5.16. The molecule has 0 heterocycles. The van der Waals surface area contributed by atoms with Gasteiger partial charge in [-0.25, -0.2) is 5.43 Å². The molecule has 0 aromatic heterocycles. The average molecular weight is 353 g/mol. The minimum atomic E-state index is -0.403. The molecule has 0 fully saturated rings. The van der Waals surface area contributed by atoms with E-state index in [4.69, 9.17) is 32.7 Å². The van der Waals surface area contributed by atoms with E-state index in [-0.39, 0.29) is 6.61 Å². The number of halogens is 2. The van der Waals surface area contributed by atoms with E-state index in [0.717, 1.165) is 0 Å². The molecule has 0 aliphatic carbocycles. The lowest BCUT2D eigenvalue weighted by Crippen LogP contribution is -2.24. The molecule has 0 aliphatic heterocycles. The highest BCUT2D eigenvalue weighted by molar-refractivity contribution is 6.38. The monoisotopic (exact) mass is 352 g/mol. The molecule has 1 N–H and O–H groups in total. The van der Waals surface area contributed by atoms with Crippen LogP contribution in [0.2, 0.25) is 10.0 Å². The number of hydrazone groups is 1. The zero-order chi connectivity index (χ0) is 16.7. The van der Waals surface area contributed by atoms with Crippen molar-refractivity contribution >= 4 is 35.3 Å². The van der Waals surface area contributed by atoms with Crippen LogP contribution in [0.25, 0.3) is 0 Å². The number of methoxy groups -OCH3 is 1. The van der Waals surface area contributed by atoms with Crippen molar-refractivity contribution in [1.82, 2.24) is 5.43 Å². The number of benzene rings is 2. The third-order valence-corrected chi connectivity index (χ3v) is 3.47. The van der Waals surface area contributed by atoms with Crippen LogP contribution in [0, 0.1) is 0 Å². The maximum atomic E-state index is 11.7. The van der Waals surface area contributed by atoms with Gasteiger partial charge in [0.25, 0.3) is 5.91 Å². The molecule has 0 saturated heterocycles. The number of carbonyl (C=O) groups excluding carboxylic acids is 1. The molecule has 0 bridgehead atoms. The molecule has 2 rings (SSSR count). The van der Waals surface area contributed by atoms with Crippen LogP contribution in [0.3, 0.4) is 0 Å². The van der Waals surface area contributed by atoms with Crippen LogP contribution >= 0.6 is 23.2 Å². The molecule has 0 saturated carbocycles. The van der Waals surface area contributed by atoms with Crippen molar-refractivity contribution in [2.24, 2.45) is 5.10 Å². The highest BCUT2D eigenvalue weighted by atomic mass is 35.5. The van der Waals surface area contributed by atoms with Crippen LogP contribution in [-0.4, -0.2) is 25.8 Å². The Morgan fingerprint density at radius 3 is 2.35 bits per heavy atom. The molecule has 5 nitrogen and oxygen atoms in total. The molecule has 0 radical (unpaired) electrons. The Balaban J connectivity index is 1.84. The minimum absolute atomic E-state index is 0.167. The SMILES string of the molecule is COc1ccc(OCC(=O)N/N=C\c2c(Cl)cccc2Cl)cc1. The average Bonchev–Trinajstić information content (AvgIpc) is 2.56. The van der Waals surface area contributed by atoms with Crippen LogP contribution < -0.4 is 14.9 Å². The molecule has 0 aliphatic rings. The van der Waals surface area contributed by atoms with Gasteiger partial charge in [0.05, 0.1) is 23.4 Å². The van der Waals surface area contributed by atoms with Crippen molar-refractivity contribution in [2.45, 2.75) is 0 Å². The summed E-state index contributed by atoms with van der Waals surface area (Å²) >= 11 is 12.0. The molecular formula is C16H14Cl2N2O3. The molecule has 23 heavy (non-hydrogen) atoms. The largest absolute Gasteiger partial charge is 0.497 e. The molecule has 2 aromatic carbocycles. The molecule has 1 amide bonds. The Kier molecular flexibility index (Phi) is 6.26. The smallest absolute Gasteiger partial charge is 0.277 e. The lowest BCUT2D eigenvalue weighted by atomic mass is 10.2. The van der Waals surface area contributed by atoms with Gasteiger partial charge in [0.15, 0.2) is 6.61 Å². The quantitative estimate of drug-likeness (QED) is 0.638. The van der Waals surface area contributed by atoms with Crippen molar-refractivity contribution < 1.29 is 14.3 Å². The summed E-state index contributed by atoms with van der Waals surface area (Å²) < 4.78 is 10.4. The number of carbonyl (C=O) groups is 1. The lowest BCUT2D eigenvalue weighted by Gasteiger charge is -2.06. The lowest BCUT2D eigenvalue weighted by molar-refractivity contribution is -0.123. The van der Waals surface area contributed by atoms with E-state index >= 15 is 0 Å². The van der Waals surface area contributed by atoms with Crippen molar-refractivity contribution in [3.8, 4) is 11.5 Å². The summed E-state index contributed by atoms with van der Waals surface area (Å²) in [5, 5.41) is 4.71. The second-order valence-corrected chi connectivity index (χ2v) is 5.21. The molecule has 0 atom stereocenters. The molecule has 7 heteroatoms. The molecule has 120 valence electrons. The first kappa shape index (κ1) is 17.1. The number of nitrogens with one attached hydrogen (secondary N) is 1. The summed E-state index contributed by atoms with van der Waals surface area (Å²) in [6, 6.07) is 12.0. The number of hydrogen-bond acceptors (Lipinski definition) is 4. The zero-order valence-corrected chi connectivity index (χ0v) is 13.8. The van der Waals surface area contributed by atoms with Crippen molar-refractivity contribution in [3.63, 3.8) is 0 Å². The highest BCUT2D eigenvalue weighted by Crippen LogP contribution is 2.22. The van der Waals surface area contributed by atoms with Gasteiger partial charge in [0, 0.05) is 5.56 Å². The van der Waals surface area contributed by atoms with Gasteiger partial charge in [-0.05, 0) is 36.4 Å². The van der Waals surface area contributed by atoms with Gasteiger partial charge in [-0.3, -0.25) is 4.79 Å². The Morgan fingerprint density at radius 1 is 1.13 bits per heavy atom. The topological polar surface area (TPSA) is 59.9 Å². The van der Waals surface area contributed by atoms with Gasteiger partial charge >= 0.3 is 0 Å². The Morgan fingerprint density at radius 2 is 1.74 bits per heavy atom. The number of rotatable bonds is 6. The predicted molar refractivity (Wildman–Crippen MR) is 90.7 cm³/mol. The summed E-state index contributed by atoms with van der Waals surface area (Å²) in [5.74, 6) is 0.863. The molecule has 0 spiro atoms. The number of nitrogens with zero attached hydrogens (tertiary/aromatic N) is 1. The Labute approximate surface area is 143 Å². The normalized spacial score (nSPS) is 10.6. The maximum Gasteiger partial charge on any atom is 0.277 e.